The fourth-order valence-corrected chi connectivity index (χ4v) is 2.63. The molecule has 82 valence electrons. The van der Waals surface area contributed by atoms with E-state index in [4.69, 9.17) is 0 Å². The Hall–Kier alpha value is -0.410. The van der Waals surface area contributed by atoms with E-state index in [9.17, 15) is 0 Å². The van der Waals surface area contributed by atoms with Gasteiger partial charge in [0.15, 0.2) is 0 Å². The predicted octanol–water partition coefficient (Wildman–Crippen LogP) is 3.22. The lowest BCUT2D eigenvalue weighted by molar-refractivity contribution is 0.234. The fourth-order valence-electron chi connectivity index (χ4n) is 2.25. The van der Waals surface area contributed by atoms with Crippen molar-refractivity contribution >= 4 is 15.9 Å². The van der Waals surface area contributed by atoms with Crippen LogP contribution in [0.2, 0.25) is 0 Å². The Morgan fingerprint density at radius 2 is 2.20 bits per heavy atom. The molecule has 0 saturated heterocycles. The minimum absolute atomic E-state index is 0.763. The largest absolute Gasteiger partial charge is 0.298 e. The smallest absolute Gasteiger partial charge is 0.0685 e. The topological polar surface area (TPSA) is 16.1 Å². The molecule has 0 N–H and O–H groups in total. The van der Waals surface area contributed by atoms with E-state index >= 15 is 0 Å². The van der Waals surface area contributed by atoms with Crippen LogP contribution >= 0.6 is 15.9 Å². The van der Waals surface area contributed by atoms with Gasteiger partial charge in [0.2, 0.25) is 0 Å². The van der Waals surface area contributed by atoms with Crippen LogP contribution in [-0.2, 0) is 6.54 Å². The summed E-state index contributed by atoms with van der Waals surface area (Å²) in [5, 5.41) is 0. The average Bonchev–Trinajstić information content (AvgIpc) is 2.74. The number of aromatic nitrogens is 1. The molecule has 2 rings (SSSR count). The van der Waals surface area contributed by atoms with Crippen LogP contribution in [0.5, 0.6) is 0 Å². The number of pyridine rings is 1. The third kappa shape index (κ3) is 2.79. The predicted molar refractivity (Wildman–Crippen MR) is 65.7 cm³/mol. The standard InChI is InChI=1S/C12H17BrN2/c1-15(10-5-2-3-6-10)9-12-11(13)7-4-8-14-12/h4,7-8,10H,2-3,5-6,9H2,1H3. The highest BCUT2D eigenvalue weighted by Crippen LogP contribution is 2.24. The Labute approximate surface area is 99.8 Å². The Bertz CT molecular complexity index is 321. The third-order valence-corrected chi connectivity index (χ3v) is 3.90. The van der Waals surface area contributed by atoms with Gasteiger partial charge in [-0.15, -0.1) is 0 Å². The first-order chi connectivity index (χ1) is 7.27. The Balaban J connectivity index is 1.99. The van der Waals surface area contributed by atoms with Crippen LogP contribution in [-0.4, -0.2) is 23.0 Å². The van der Waals surface area contributed by atoms with Gasteiger partial charge in [-0.2, -0.15) is 0 Å². The number of nitrogens with zero attached hydrogens (tertiary/aromatic N) is 2. The average molecular weight is 269 g/mol. The van der Waals surface area contributed by atoms with E-state index in [1.165, 1.54) is 25.7 Å². The van der Waals surface area contributed by atoms with E-state index < -0.39 is 0 Å². The summed E-state index contributed by atoms with van der Waals surface area (Å²) in [6, 6.07) is 4.78. The molecule has 0 bridgehead atoms. The number of hydrogen-bond donors (Lipinski definition) is 0. The summed E-state index contributed by atoms with van der Waals surface area (Å²) in [6.45, 7) is 0.950. The van der Waals surface area contributed by atoms with Crippen molar-refractivity contribution in [2.45, 2.75) is 38.3 Å². The molecule has 0 amide bonds. The molecule has 0 aromatic carbocycles. The van der Waals surface area contributed by atoms with Crippen LogP contribution in [0.25, 0.3) is 0 Å². The highest BCUT2D eigenvalue weighted by molar-refractivity contribution is 9.10. The van der Waals surface area contributed by atoms with Gasteiger partial charge < -0.3 is 0 Å². The molecule has 15 heavy (non-hydrogen) atoms. The normalized spacial score (nSPS) is 17.5. The van der Waals surface area contributed by atoms with Gasteiger partial charge >= 0.3 is 0 Å². The Morgan fingerprint density at radius 3 is 2.87 bits per heavy atom. The highest BCUT2D eigenvalue weighted by Gasteiger charge is 2.20. The summed E-state index contributed by atoms with van der Waals surface area (Å²) in [7, 11) is 2.21. The molecule has 1 heterocycles. The molecule has 1 saturated carbocycles. The van der Waals surface area contributed by atoms with Gasteiger partial charge in [0.1, 0.15) is 0 Å². The lowest BCUT2D eigenvalue weighted by atomic mass is 10.2. The van der Waals surface area contributed by atoms with E-state index in [1.807, 2.05) is 12.3 Å². The number of halogens is 1. The monoisotopic (exact) mass is 268 g/mol. The first kappa shape index (κ1) is 11.1. The minimum Gasteiger partial charge on any atom is -0.298 e. The van der Waals surface area contributed by atoms with Crippen LogP contribution in [0.4, 0.5) is 0 Å². The van der Waals surface area contributed by atoms with E-state index in [-0.39, 0.29) is 0 Å². The van der Waals surface area contributed by atoms with Crippen LogP contribution < -0.4 is 0 Å². The maximum absolute atomic E-state index is 4.40. The van der Waals surface area contributed by atoms with Crippen molar-refractivity contribution in [2.75, 3.05) is 7.05 Å². The lowest BCUT2D eigenvalue weighted by Gasteiger charge is -2.23. The first-order valence-electron chi connectivity index (χ1n) is 5.57. The molecule has 1 aliphatic rings. The highest BCUT2D eigenvalue weighted by atomic mass is 79.9. The van der Waals surface area contributed by atoms with Gasteiger partial charge in [-0.25, -0.2) is 0 Å². The van der Waals surface area contributed by atoms with Crippen molar-refractivity contribution in [3.8, 4) is 0 Å². The van der Waals surface area contributed by atoms with Crippen LogP contribution in [0, 0.1) is 0 Å². The third-order valence-electron chi connectivity index (χ3n) is 3.18. The van der Waals surface area contributed by atoms with E-state index in [0.29, 0.717) is 0 Å². The molecular formula is C12H17BrN2. The van der Waals surface area contributed by atoms with Crippen molar-refractivity contribution in [3.63, 3.8) is 0 Å². The van der Waals surface area contributed by atoms with Crippen molar-refractivity contribution in [2.24, 2.45) is 0 Å². The zero-order valence-corrected chi connectivity index (χ0v) is 10.7. The number of hydrogen-bond acceptors (Lipinski definition) is 2. The molecule has 0 radical (unpaired) electrons. The fraction of sp³-hybridized carbons (Fsp3) is 0.583. The quantitative estimate of drug-likeness (QED) is 0.837. The zero-order chi connectivity index (χ0) is 10.7. The van der Waals surface area contributed by atoms with Crippen molar-refractivity contribution in [1.29, 1.82) is 0 Å². The summed E-state index contributed by atoms with van der Waals surface area (Å²) >= 11 is 3.54. The van der Waals surface area contributed by atoms with Crippen LogP contribution in [0.3, 0.4) is 0 Å². The first-order valence-corrected chi connectivity index (χ1v) is 6.36. The van der Waals surface area contributed by atoms with Gasteiger partial charge in [-0.05, 0) is 48.0 Å². The summed E-state index contributed by atoms with van der Waals surface area (Å²) in [5.74, 6) is 0. The molecule has 0 unspecified atom stereocenters. The molecule has 0 aliphatic heterocycles. The second-order valence-electron chi connectivity index (χ2n) is 4.29. The summed E-state index contributed by atoms with van der Waals surface area (Å²) in [5.41, 5.74) is 1.15. The summed E-state index contributed by atoms with van der Waals surface area (Å²) < 4.78 is 1.12. The molecule has 0 atom stereocenters. The summed E-state index contributed by atoms with van der Waals surface area (Å²) in [6.07, 6.45) is 7.33. The second-order valence-corrected chi connectivity index (χ2v) is 5.14. The maximum Gasteiger partial charge on any atom is 0.0685 e. The maximum atomic E-state index is 4.40. The van der Waals surface area contributed by atoms with Gasteiger partial charge in [-0.1, -0.05) is 12.8 Å². The Kier molecular flexibility index (Phi) is 3.76. The van der Waals surface area contributed by atoms with Gasteiger partial charge in [0.25, 0.3) is 0 Å². The molecule has 0 spiro atoms. The molecule has 2 nitrogen and oxygen atoms in total. The molecule has 1 aromatic rings. The van der Waals surface area contributed by atoms with Gasteiger partial charge in [-0.3, -0.25) is 9.88 Å². The minimum atomic E-state index is 0.763. The molecule has 3 heteroatoms. The Morgan fingerprint density at radius 1 is 1.47 bits per heavy atom. The molecule has 1 aliphatic carbocycles. The van der Waals surface area contributed by atoms with Crippen molar-refractivity contribution < 1.29 is 0 Å². The molecular weight excluding hydrogens is 252 g/mol. The second kappa shape index (κ2) is 5.08. The number of rotatable bonds is 3. The summed E-state index contributed by atoms with van der Waals surface area (Å²) in [4.78, 5) is 6.83. The van der Waals surface area contributed by atoms with Crippen LogP contribution in [0.15, 0.2) is 22.8 Å². The van der Waals surface area contributed by atoms with Gasteiger partial charge in [0, 0.05) is 23.3 Å². The van der Waals surface area contributed by atoms with E-state index in [1.54, 1.807) is 0 Å². The lowest BCUT2D eigenvalue weighted by Crippen LogP contribution is -2.29. The van der Waals surface area contributed by atoms with E-state index in [2.05, 4.69) is 38.9 Å². The zero-order valence-electron chi connectivity index (χ0n) is 9.12. The van der Waals surface area contributed by atoms with E-state index in [0.717, 1.165) is 22.8 Å². The molecule has 1 fully saturated rings. The van der Waals surface area contributed by atoms with Crippen molar-refractivity contribution in [1.82, 2.24) is 9.88 Å². The van der Waals surface area contributed by atoms with Crippen molar-refractivity contribution in [3.05, 3.63) is 28.5 Å². The van der Waals surface area contributed by atoms with Crippen LogP contribution in [0.1, 0.15) is 31.4 Å². The molecule has 1 aromatic heterocycles. The SMILES string of the molecule is CN(Cc1ncccc1Br)C1CCCC1. The van der Waals surface area contributed by atoms with Gasteiger partial charge in [0.05, 0.1) is 5.69 Å².